The Balaban J connectivity index is 2.07. The van der Waals surface area contributed by atoms with Crippen LogP contribution in [-0.4, -0.2) is 58.9 Å². The van der Waals surface area contributed by atoms with Gasteiger partial charge < -0.3 is 15.3 Å². The Morgan fingerprint density at radius 2 is 2.11 bits per heavy atom. The van der Waals surface area contributed by atoms with Crippen LogP contribution in [0.15, 0.2) is 0 Å². The molecule has 0 bridgehead atoms. The second-order valence-electron chi connectivity index (χ2n) is 4.07. The molecular formula is C11H18N2O4S. The molecule has 2 N–H and O–H groups in total. The first kappa shape index (κ1) is 14.8. The summed E-state index contributed by atoms with van der Waals surface area (Å²) in [7, 11) is 0. The van der Waals surface area contributed by atoms with Gasteiger partial charge in [0.05, 0.1) is 11.5 Å². The van der Waals surface area contributed by atoms with Crippen LogP contribution in [0.1, 0.15) is 19.3 Å². The molecule has 0 saturated carbocycles. The van der Waals surface area contributed by atoms with Crippen LogP contribution < -0.4 is 5.32 Å². The molecule has 1 saturated heterocycles. The fraction of sp³-hybridized carbons (Fsp3) is 0.727. The summed E-state index contributed by atoms with van der Waals surface area (Å²) >= 11 is 1.06. The van der Waals surface area contributed by atoms with Gasteiger partial charge in [0.15, 0.2) is 0 Å². The van der Waals surface area contributed by atoms with Crippen molar-refractivity contribution in [1.29, 1.82) is 0 Å². The number of piperidine rings is 1. The molecule has 0 atom stereocenters. The monoisotopic (exact) mass is 274 g/mol. The zero-order chi connectivity index (χ0) is 13.4. The Morgan fingerprint density at radius 1 is 1.33 bits per heavy atom. The molecule has 0 aromatic carbocycles. The van der Waals surface area contributed by atoms with E-state index >= 15 is 0 Å². The fourth-order valence-electron chi connectivity index (χ4n) is 1.71. The number of nitrogens with one attached hydrogen (secondary N) is 1. The molecule has 1 fully saturated rings. The summed E-state index contributed by atoms with van der Waals surface area (Å²) in [5.41, 5.74) is 0. The van der Waals surface area contributed by atoms with E-state index in [1.807, 2.05) is 0 Å². The lowest BCUT2D eigenvalue weighted by atomic mass is 10.1. The Hall–Kier alpha value is -1.24. The Kier molecular flexibility index (Phi) is 6.56. The number of amides is 2. The summed E-state index contributed by atoms with van der Waals surface area (Å²) in [6.07, 6.45) is 2.57. The third kappa shape index (κ3) is 5.90. The molecule has 1 heterocycles. The summed E-state index contributed by atoms with van der Waals surface area (Å²) in [6, 6.07) is 0. The molecule has 6 nitrogen and oxygen atoms in total. The van der Waals surface area contributed by atoms with Crippen molar-refractivity contribution in [3.63, 3.8) is 0 Å². The second kappa shape index (κ2) is 7.97. The second-order valence-corrected chi connectivity index (χ2v) is 5.06. The first-order valence-electron chi connectivity index (χ1n) is 5.93. The average Bonchev–Trinajstić information content (AvgIpc) is 2.31. The molecule has 1 aliphatic rings. The molecule has 0 radical (unpaired) electrons. The number of aliphatic carboxylic acids is 1. The van der Waals surface area contributed by atoms with Gasteiger partial charge >= 0.3 is 5.97 Å². The van der Waals surface area contributed by atoms with Gasteiger partial charge in [-0.3, -0.25) is 14.4 Å². The molecule has 1 aliphatic heterocycles. The number of hydrogen-bond acceptors (Lipinski definition) is 4. The molecule has 18 heavy (non-hydrogen) atoms. The van der Waals surface area contributed by atoms with Gasteiger partial charge in [0.1, 0.15) is 0 Å². The van der Waals surface area contributed by atoms with E-state index in [1.54, 1.807) is 4.90 Å². The molecule has 0 aromatic rings. The van der Waals surface area contributed by atoms with Gasteiger partial charge in [-0.05, 0) is 12.8 Å². The van der Waals surface area contributed by atoms with E-state index in [0.717, 1.165) is 31.1 Å². The van der Waals surface area contributed by atoms with Crippen LogP contribution in [0.3, 0.4) is 0 Å². The van der Waals surface area contributed by atoms with E-state index < -0.39 is 5.97 Å². The predicted molar refractivity (Wildman–Crippen MR) is 68.4 cm³/mol. The normalized spacial score (nSPS) is 15.6. The lowest BCUT2D eigenvalue weighted by molar-refractivity contribution is -0.134. The number of nitrogens with zero attached hydrogens (tertiary/aromatic N) is 1. The van der Waals surface area contributed by atoms with E-state index in [9.17, 15) is 14.4 Å². The molecule has 0 spiro atoms. The molecule has 0 aliphatic carbocycles. The third-order valence-corrected chi connectivity index (χ3v) is 3.50. The summed E-state index contributed by atoms with van der Waals surface area (Å²) < 4.78 is 0. The Morgan fingerprint density at radius 3 is 2.78 bits per heavy atom. The summed E-state index contributed by atoms with van der Waals surface area (Å²) in [5, 5.41) is 11.1. The molecular weight excluding hydrogens is 256 g/mol. The number of rotatable bonds is 7. The van der Waals surface area contributed by atoms with Crippen molar-refractivity contribution in [3.05, 3.63) is 0 Å². The van der Waals surface area contributed by atoms with Crippen molar-refractivity contribution >= 4 is 29.5 Å². The SMILES string of the molecule is O=C(O)CSCC(=O)NCCN1CCCCC1=O. The van der Waals surface area contributed by atoms with Crippen LogP contribution in [0.2, 0.25) is 0 Å². The molecule has 2 amide bonds. The zero-order valence-corrected chi connectivity index (χ0v) is 11.0. The lowest BCUT2D eigenvalue weighted by Crippen LogP contribution is -2.41. The van der Waals surface area contributed by atoms with Gasteiger partial charge in [0.2, 0.25) is 11.8 Å². The van der Waals surface area contributed by atoms with E-state index in [1.165, 1.54) is 0 Å². The summed E-state index contributed by atoms with van der Waals surface area (Å²) in [5.74, 6) is -0.897. The Labute approximate surface area is 110 Å². The topological polar surface area (TPSA) is 86.7 Å². The number of carboxylic acids is 1. The van der Waals surface area contributed by atoms with Gasteiger partial charge in [0, 0.05) is 26.1 Å². The lowest BCUT2D eigenvalue weighted by Gasteiger charge is -2.26. The smallest absolute Gasteiger partial charge is 0.313 e. The maximum absolute atomic E-state index is 11.5. The first-order valence-corrected chi connectivity index (χ1v) is 7.09. The maximum Gasteiger partial charge on any atom is 0.313 e. The highest BCUT2D eigenvalue weighted by Gasteiger charge is 2.17. The van der Waals surface area contributed by atoms with Crippen LogP contribution >= 0.6 is 11.8 Å². The van der Waals surface area contributed by atoms with E-state index in [-0.39, 0.29) is 23.3 Å². The van der Waals surface area contributed by atoms with Crippen LogP contribution in [-0.2, 0) is 14.4 Å². The standard InChI is InChI=1S/C11H18N2O4S/c14-9(7-18-8-11(16)17)12-4-6-13-5-2-1-3-10(13)15/h1-8H2,(H,12,14)(H,16,17). The van der Waals surface area contributed by atoms with Gasteiger partial charge in [-0.15, -0.1) is 11.8 Å². The Bertz CT molecular complexity index is 322. The van der Waals surface area contributed by atoms with Crippen molar-refractivity contribution in [2.24, 2.45) is 0 Å². The minimum absolute atomic E-state index is 0.0714. The highest BCUT2D eigenvalue weighted by molar-refractivity contribution is 8.00. The molecule has 1 rings (SSSR count). The number of carboxylic acid groups (broad SMARTS) is 1. The molecule has 7 heteroatoms. The van der Waals surface area contributed by atoms with Crippen molar-refractivity contribution in [2.45, 2.75) is 19.3 Å². The number of hydrogen-bond donors (Lipinski definition) is 2. The van der Waals surface area contributed by atoms with Crippen molar-refractivity contribution in [2.75, 3.05) is 31.1 Å². The number of likely N-dealkylation sites (tertiary alicyclic amines) is 1. The zero-order valence-electron chi connectivity index (χ0n) is 10.2. The highest BCUT2D eigenvalue weighted by Crippen LogP contribution is 2.09. The van der Waals surface area contributed by atoms with Gasteiger partial charge in [-0.1, -0.05) is 0 Å². The van der Waals surface area contributed by atoms with E-state index in [0.29, 0.717) is 19.5 Å². The summed E-state index contributed by atoms with van der Waals surface area (Å²) in [4.78, 5) is 34.8. The quantitative estimate of drug-likeness (QED) is 0.679. The van der Waals surface area contributed by atoms with Crippen LogP contribution in [0, 0.1) is 0 Å². The number of thioether (sulfide) groups is 1. The number of carbonyl (C=O) groups is 3. The fourth-order valence-corrected chi connectivity index (χ4v) is 2.27. The minimum atomic E-state index is -0.924. The first-order chi connectivity index (χ1) is 8.59. The minimum Gasteiger partial charge on any atom is -0.481 e. The van der Waals surface area contributed by atoms with Crippen molar-refractivity contribution in [1.82, 2.24) is 10.2 Å². The maximum atomic E-state index is 11.5. The van der Waals surface area contributed by atoms with Gasteiger partial charge in [-0.2, -0.15) is 0 Å². The molecule has 0 aromatic heterocycles. The summed E-state index contributed by atoms with van der Waals surface area (Å²) in [6.45, 7) is 1.73. The van der Waals surface area contributed by atoms with Gasteiger partial charge in [0.25, 0.3) is 0 Å². The van der Waals surface area contributed by atoms with E-state index in [4.69, 9.17) is 5.11 Å². The van der Waals surface area contributed by atoms with Crippen LogP contribution in [0.4, 0.5) is 0 Å². The number of carbonyl (C=O) groups excluding carboxylic acids is 2. The molecule has 0 unspecified atom stereocenters. The van der Waals surface area contributed by atoms with Crippen molar-refractivity contribution in [3.8, 4) is 0 Å². The average molecular weight is 274 g/mol. The van der Waals surface area contributed by atoms with Crippen LogP contribution in [0.25, 0.3) is 0 Å². The van der Waals surface area contributed by atoms with E-state index in [2.05, 4.69) is 5.32 Å². The predicted octanol–water partition coefficient (Wildman–Crippen LogP) is -0.0671. The van der Waals surface area contributed by atoms with Crippen molar-refractivity contribution < 1.29 is 19.5 Å². The molecule has 102 valence electrons. The third-order valence-electron chi connectivity index (χ3n) is 2.58. The van der Waals surface area contributed by atoms with Gasteiger partial charge in [-0.25, -0.2) is 0 Å². The van der Waals surface area contributed by atoms with Crippen LogP contribution in [0.5, 0.6) is 0 Å². The highest BCUT2D eigenvalue weighted by atomic mass is 32.2. The largest absolute Gasteiger partial charge is 0.481 e.